The molecule has 1 heterocycles. The lowest BCUT2D eigenvalue weighted by Gasteiger charge is -2.17. The molecular formula is C14H14Cl2FN3O2. The van der Waals surface area contributed by atoms with Crippen LogP contribution >= 0.6 is 23.2 Å². The van der Waals surface area contributed by atoms with Crippen LogP contribution in [0.25, 0.3) is 0 Å². The van der Waals surface area contributed by atoms with Crippen LogP contribution in [-0.4, -0.2) is 28.5 Å². The fourth-order valence-corrected chi connectivity index (χ4v) is 2.38. The highest BCUT2D eigenvalue weighted by Gasteiger charge is 2.15. The standard InChI is InChI=1S/C14H14Cl2FN3O2/c15-10-2-1-3-11(17)9(10)4-8(7-21)5-18-12-6-19-20-14(22)13(12)16/h1-3,6,8,21H,4-5,7H2,(H2,18,20,22)/t8-/m0/s1. The normalized spacial score (nSPS) is 12.2. The van der Waals surface area contributed by atoms with Gasteiger partial charge >= 0.3 is 0 Å². The molecule has 0 aliphatic heterocycles. The van der Waals surface area contributed by atoms with Gasteiger partial charge in [0, 0.05) is 29.7 Å². The first-order valence-corrected chi connectivity index (χ1v) is 7.29. The van der Waals surface area contributed by atoms with Crippen LogP contribution in [0, 0.1) is 11.7 Å². The highest BCUT2D eigenvalue weighted by molar-refractivity contribution is 6.33. The van der Waals surface area contributed by atoms with Crippen molar-refractivity contribution in [1.82, 2.24) is 10.2 Å². The van der Waals surface area contributed by atoms with E-state index in [0.717, 1.165) is 0 Å². The van der Waals surface area contributed by atoms with Crippen molar-refractivity contribution >= 4 is 28.9 Å². The Balaban J connectivity index is 2.07. The van der Waals surface area contributed by atoms with Crippen molar-refractivity contribution in [3.63, 3.8) is 0 Å². The van der Waals surface area contributed by atoms with Gasteiger partial charge in [-0.1, -0.05) is 29.3 Å². The van der Waals surface area contributed by atoms with Gasteiger partial charge in [0.2, 0.25) is 0 Å². The van der Waals surface area contributed by atoms with Crippen molar-refractivity contribution in [2.24, 2.45) is 5.92 Å². The number of benzene rings is 1. The van der Waals surface area contributed by atoms with E-state index in [1.807, 2.05) is 0 Å². The fourth-order valence-electron chi connectivity index (χ4n) is 1.98. The van der Waals surface area contributed by atoms with Gasteiger partial charge in [0.05, 0.1) is 11.9 Å². The third kappa shape index (κ3) is 3.97. The molecule has 0 unspecified atom stereocenters. The highest BCUT2D eigenvalue weighted by Crippen LogP contribution is 2.23. The van der Waals surface area contributed by atoms with E-state index in [2.05, 4.69) is 15.5 Å². The largest absolute Gasteiger partial charge is 0.396 e. The summed E-state index contributed by atoms with van der Waals surface area (Å²) >= 11 is 11.8. The van der Waals surface area contributed by atoms with Crippen LogP contribution < -0.4 is 10.9 Å². The van der Waals surface area contributed by atoms with E-state index in [-0.39, 0.29) is 30.5 Å². The number of rotatable bonds is 6. The molecule has 8 heteroatoms. The van der Waals surface area contributed by atoms with Crippen molar-refractivity contribution in [2.45, 2.75) is 6.42 Å². The number of aromatic nitrogens is 2. The third-order valence-corrected chi connectivity index (χ3v) is 3.92. The molecule has 118 valence electrons. The Hall–Kier alpha value is -1.63. The molecule has 0 amide bonds. The minimum Gasteiger partial charge on any atom is -0.396 e. The van der Waals surface area contributed by atoms with E-state index in [0.29, 0.717) is 16.3 Å². The average molecular weight is 346 g/mol. The number of halogens is 3. The van der Waals surface area contributed by atoms with Crippen molar-refractivity contribution in [2.75, 3.05) is 18.5 Å². The highest BCUT2D eigenvalue weighted by atomic mass is 35.5. The molecular weight excluding hydrogens is 332 g/mol. The molecule has 0 fully saturated rings. The number of hydrogen-bond donors (Lipinski definition) is 3. The van der Waals surface area contributed by atoms with Crippen LogP contribution in [0.4, 0.5) is 10.1 Å². The molecule has 0 spiro atoms. The molecule has 2 aromatic rings. The van der Waals surface area contributed by atoms with Gasteiger partial charge in [-0.15, -0.1) is 0 Å². The van der Waals surface area contributed by atoms with Crippen LogP contribution in [0.3, 0.4) is 0 Å². The van der Waals surface area contributed by atoms with Crippen LogP contribution in [-0.2, 0) is 6.42 Å². The third-order valence-electron chi connectivity index (χ3n) is 3.19. The molecule has 0 saturated carbocycles. The molecule has 1 atom stereocenters. The number of hydrogen-bond acceptors (Lipinski definition) is 4. The van der Waals surface area contributed by atoms with Crippen LogP contribution in [0.2, 0.25) is 10.0 Å². The maximum Gasteiger partial charge on any atom is 0.285 e. The second-order valence-corrected chi connectivity index (χ2v) is 5.55. The van der Waals surface area contributed by atoms with Gasteiger partial charge in [-0.25, -0.2) is 9.49 Å². The van der Waals surface area contributed by atoms with Crippen molar-refractivity contribution in [3.8, 4) is 0 Å². The molecule has 0 saturated heterocycles. The number of aliphatic hydroxyl groups excluding tert-OH is 1. The first kappa shape index (κ1) is 16.7. The summed E-state index contributed by atoms with van der Waals surface area (Å²) in [6, 6.07) is 4.44. The van der Waals surface area contributed by atoms with Gasteiger partial charge in [-0.3, -0.25) is 4.79 Å². The summed E-state index contributed by atoms with van der Waals surface area (Å²) < 4.78 is 13.8. The monoisotopic (exact) mass is 345 g/mol. The Morgan fingerprint density at radius 1 is 1.41 bits per heavy atom. The van der Waals surface area contributed by atoms with Crippen LogP contribution in [0.1, 0.15) is 5.56 Å². The summed E-state index contributed by atoms with van der Waals surface area (Å²) in [4.78, 5) is 11.3. The zero-order chi connectivity index (χ0) is 16.1. The molecule has 0 aliphatic rings. The maximum atomic E-state index is 13.8. The quantitative estimate of drug-likeness (QED) is 0.751. The molecule has 22 heavy (non-hydrogen) atoms. The number of H-pyrrole nitrogens is 1. The summed E-state index contributed by atoms with van der Waals surface area (Å²) in [6.45, 7) is 0.109. The van der Waals surface area contributed by atoms with Gasteiger partial charge in [-0.05, 0) is 18.6 Å². The number of nitrogens with zero attached hydrogens (tertiary/aromatic N) is 1. The number of anilines is 1. The number of aliphatic hydroxyl groups is 1. The molecule has 0 aliphatic carbocycles. The lowest BCUT2D eigenvalue weighted by Crippen LogP contribution is -2.22. The van der Waals surface area contributed by atoms with Gasteiger partial charge in [0.15, 0.2) is 0 Å². The van der Waals surface area contributed by atoms with Crippen molar-refractivity contribution < 1.29 is 9.50 Å². The maximum absolute atomic E-state index is 13.8. The fraction of sp³-hybridized carbons (Fsp3) is 0.286. The van der Waals surface area contributed by atoms with Crippen molar-refractivity contribution in [1.29, 1.82) is 0 Å². The van der Waals surface area contributed by atoms with Crippen molar-refractivity contribution in [3.05, 3.63) is 56.2 Å². The summed E-state index contributed by atoms with van der Waals surface area (Å²) in [5, 5.41) is 18.5. The lowest BCUT2D eigenvalue weighted by molar-refractivity contribution is 0.232. The van der Waals surface area contributed by atoms with Gasteiger partial charge < -0.3 is 10.4 Å². The molecule has 0 bridgehead atoms. The number of aromatic amines is 1. The zero-order valence-corrected chi connectivity index (χ0v) is 13.0. The molecule has 5 nitrogen and oxygen atoms in total. The first-order chi connectivity index (χ1) is 10.5. The second kappa shape index (κ2) is 7.58. The van der Waals surface area contributed by atoms with E-state index in [9.17, 15) is 14.3 Å². The predicted octanol–water partition coefficient (Wildman–Crippen LogP) is 2.48. The summed E-state index contributed by atoms with van der Waals surface area (Å²) in [5.74, 6) is -0.716. The Morgan fingerprint density at radius 2 is 2.18 bits per heavy atom. The predicted molar refractivity (Wildman–Crippen MR) is 84.0 cm³/mol. The van der Waals surface area contributed by atoms with E-state index < -0.39 is 11.4 Å². The van der Waals surface area contributed by atoms with Crippen LogP contribution in [0.15, 0.2) is 29.2 Å². The summed E-state index contributed by atoms with van der Waals surface area (Å²) in [7, 11) is 0. The van der Waals surface area contributed by atoms with Gasteiger partial charge in [-0.2, -0.15) is 5.10 Å². The van der Waals surface area contributed by atoms with Gasteiger partial charge in [0.1, 0.15) is 10.8 Å². The zero-order valence-electron chi connectivity index (χ0n) is 11.4. The minimum atomic E-state index is -0.510. The smallest absolute Gasteiger partial charge is 0.285 e. The van der Waals surface area contributed by atoms with Crippen LogP contribution in [0.5, 0.6) is 0 Å². The first-order valence-electron chi connectivity index (χ1n) is 6.53. The summed E-state index contributed by atoms with van der Waals surface area (Å²) in [5.41, 5.74) is 0.188. The molecule has 1 aromatic heterocycles. The topological polar surface area (TPSA) is 78.0 Å². The number of nitrogens with one attached hydrogen (secondary N) is 2. The lowest BCUT2D eigenvalue weighted by atomic mass is 9.99. The molecule has 3 N–H and O–H groups in total. The molecule has 2 rings (SSSR count). The van der Waals surface area contributed by atoms with E-state index in [4.69, 9.17) is 23.2 Å². The Morgan fingerprint density at radius 3 is 2.86 bits per heavy atom. The van der Waals surface area contributed by atoms with Gasteiger partial charge in [0.25, 0.3) is 5.56 Å². The Bertz CT molecular complexity index is 688. The average Bonchev–Trinajstić information content (AvgIpc) is 2.50. The van der Waals surface area contributed by atoms with E-state index in [1.165, 1.54) is 18.3 Å². The SMILES string of the molecule is O=c1[nH]ncc(NC[C@@H](CO)Cc2c(F)cccc2Cl)c1Cl. The molecule has 0 radical (unpaired) electrons. The molecule has 1 aromatic carbocycles. The van der Waals surface area contributed by atoms with E-state index >= 15 is 0 Å². The Kier molecular flexibility index (Phi) is 5.76. The Labute approximate surface area is 136 Å². The second-order valence-electron chi connectivity index (χ2n) is 4.76. The minimum absolute atomic E-state index is 0.0180. The van der Waals surface area contributed by atoms with E-state index in [1.54, 1.807) is 6.07 Å². The summed E-state index contributed by atoms with van der Waals surface area (Å²) in [6.07, 6.45) is 1.62.